The Morgan fingerprint density at radius 3 is 3.15 bits per heavy atom. The summed E-state index contributed by atoms with van der Waals surface area (Å²) in [4.78, 5) is 16.2. The minimum atomic E-state index is -0.0922. The van der Waals surface area contributed by atoms with Crippen LogP contribution in [-0.4, -0.2) is 19.2 Å². The highest BCUT2D eigenvalue weighted by atomic mass is 32.1. The van der Waals surface area contributed by atoms with Crippen molar-refractivity contribution in [3.63, 3.8) is 0 Å². The van der Waals surface area contributed by atoms with E-state index < -0.39 is 0 Å². The van der Waals surface area contributed by atoms with E-state index in [2.05, 4.69) is 15.3 Å². The van der Waals surface area contributed by atoms with Crippen LogP contribution in [0, 0.1) is 0 Å². The molecule has 13 heavy (non-hydrogen) atoms. The van der Waals surface area contributed by atoms with Gasteiger partial charge >= 0.3 is 0 Å². The lowest BCUT2D eigenvalue weighted by atomic mass is 10.4. The largest absolute Gasteiger partial charge is 0.399 e. The first-order chi connectivity index (χ1) is 6.24. The van der Waals surface area contributed by atoms with E-state index in [4.69, 9.17) is 0 Å². The zero-order chi connectivity index (χ0) is 9.68. The standard InChI is InChI=1S/C8H10N2O2S/c1-6(11)10-7-3-4-13-8(7)5-9-12-2/h3-5H,1-2H3,(H,10,11)/b9-5+. The van der Waals surface area contributed by atoms with E-state index in [1.807, 2.05) is 11.4 Å². The van der Waals surface area contributed by atoms with Crippen LogP contribution in [0.4, 0.5) is 5.69 Å². The Kier molecular flexibility index (Phi) is 3.45. The minimum Gasteiger partial charge on any atom is -0.399 e. The Bertz CT molecular complexity index is 320. The topological polar surface area (TPSA) is 50.7 Å². The monoisotopic (exact) mass is 198 g/mol. The SMILES string of the molecule is CO/N=C/c1sccc1NC(C)=O. The van der Waals surface area contributed by atoms with Gasteiger partial charge in [0.25, 0.3) is 0 Å². The number of nitrogens with one attached hydrogen (secondary N) is 1. The van der Waals surface area contributed by atoms with Crippen LogP contribution in [0.5, 0.6) is 0 Å². The van der Waals surface area contributed by atoms with Crippen molar-refractivity contribution < 1.29 is 9.63 Å². The molecule has 0 radical (unpaired) electrons. The molecule has 0 unspecified atom stereocenters. The highest BCUT2D eigenvalue weighted by Gasteiger charge is 2.02. The fraction of sp³-hybridized carbons (Fsp3) is 0.250. The lowest BCUT2D eigenvalue weighted by Gasteiger charge is -1.98. The first kappa shape index (κ1) is 9.73. The fourth-order valence-electron chi connectivity index (χ4n) is 0.814. The van der Waals surface area contributed by atoms with Crippen LogP contribution in [-0.2, 0) is 9.63 Å². The molecule has 1 rings (SSSR count). The Morgan fingerprint density at radius 1 is 1.77 bits per heavy atom. The molecule has 0 aliphatic heterocycles. The zero-order valence-electron chi connectivity index (χ0n) is 7.40. The van der Waals surface area contributed by atoms with Crippen molar-refractivity contribution in [2.24, 2.45) is 5.16 Å². The quantitative estimate of drug-likeness (QED) is 0.593. The van der Waals surface area contributed by atoms with E-state index in [0.29, 0.717) is 0 Å². The molecular weight excluding hydrogens is 188 g/mol. The summed E-state index contributed by atoms with van der Waals surface area (Å²) in [5.74, 6) is -0.0922. The average molecular weight is 198 g/mol. The summed E-state index contributed by atoms with van der Waals surface area (Å²) in [5, 5.41) is 8.18. The molecule has 0 aliphatic rings. The summed E-state index contributed by atoms with van der Waals surface area (Å²) in [6, 6.07) is 1.82. The van der Waals surface area contributed by atoms with Crippen molar-refractivity contribution >= 4 is 29.1 Å². The third kappa shape index (κ3) is 2.87. The first-order valence-corrected chi connectivity index (χ1v) is 4.53. The van der Waals surface area contributed by atoms with Crippen LogP contribution in [0.15, 0.2) is 16.6 Å². The Labute approximate surface area is 80.2 Å². The predicted octanol–water partition coefficient (Wildman–Crippen LogP) is 1.69. The van der Waals surface area contributed by atoms with E-state index in [0.717, 1.165) is 10.6 Å². The van der Waals surface area contributed by atoms with Crippen molar-refractivity contribution in [1.29, 1.82) is 0 Å². The van der Waals surface area contributed by atoms with Gasteiger partial charge in [0.05, 0.1) is 16.8 Å². The number of thiophene rings is 1. The van der Waals surface area contributed by atoms with E-state index in [9.17, 15) is 4.79 Å². The highest BCUT2D eigenvalue weighted by molar-refractivity contribution is 7.12. The van der Waals surface area contributed by atoms with Crippen LogP contribution < -0.4 is 5.32 Å². The molecule has 0 spiro atoms. The third-order valence-corrected chi connectivity index (χ3v) is 2.13. The van der Waals surface area contributed by atoms with Crippen molar-refractivity contribution in [2.75, 3.05) is 12.4 Å². The Hall–Kier alpha value is -1.36. The van der Waals surface area contributed by atoms with Gasteiger partial charge in [-0.2, -0.15) is 0 Å². The number of rotatable bonds is 3. The molecule has 0 saturated heterocycles. The first-order valence-electron chi connectivity index (χ1n) is 3.65. The molecule has 1 heterocycles. The lowest BCUT2D eigenvalue weighted by molar-refractivity contribution is -0.114. The number of anilines is 1. The molecule has 5 heteroatoms. The second kappa shape index (κ2) is 4.61. The molecule has 4 nitrogen and oxygen atoms in total. The van der Waals surface area contributed by atoms with Crippen LogP contribution in [0.3, 0.4) is 0 Å². The summed E-state index contributed by atoms with van der Waals surface area (Å²) < 4.78 is 0. The molecule has 1 aromatic heterocycles. The van der Waals surface area contributed by atoms with Gasteiger partial charge in [-0.05, 0) is 11.4 Å². The van der Waals surface area contributed by atoms with Crippen molar-refractivity contribution in [1.82, 2.24) is 0 Å². The van der Waals surface area contributed by atoms with Gasteiger partial charge in [-0.25, -0.2) is 0 Å². The number of amides is 1. The summed E-state index contributed by atoms with van der Waals surface area (Å²) in [6.07, 6.45) is 1.57. The maximum Gasteiger partial charge on any atom is 0.221 e. The van der Waals surface area contributed by atoms with Gasteiger partial charge < -0.3 is 10.2 Å². The highest BCUT2D eigenvalue weighted by Crippen LogP contribution is 2.19. The van der Waals surface area contributed by atoms with Gasteiger partial charge in [-0.15, -0.1) is 11.3 Å². The van der Waals surface area contributed by atoms with Crippen LogP contribution in [0.25, 0.3) is 0 Å². The maximum absolute atomic E-state index is 10.8. The fourth-order valence-corrected chi connectivity index (χ4v) is 1.52. The van der Waals surface area contributed by atoms with E-state index in [1.165, 1.54) is 25.4 Å². The number of nitrogens with zero attached hydrogens (tertiary/aromatic N) is 1. The minimum absolute atomic E-state index is 0.0922. The van der Waals surface area contributed by atoms with Crippen LogP contribution in [0.2, 0.25) is 0 Å². The van der Waals surface area contributed by atoms with Gasteiger partial charge in [-0.3, -0.25) is 4.79 Å². The van der Waals surface area contributed by atoms with Crippen molar-refractivity contribution in [2.45, 2.75) is 6.92 Å². The number of hydrogen-bond donors (Lipinski definition) is 1. The number of hydrogen-bond acceptors (Lipinski definition) is 4. The molecule has 0 fully saturated rings. The second-order valence-electron chi connectivity index (χ2n) is 2.30. The molecule has 1 amide bonds. The molecular formula is C8H10N2O2S. The molecule has 1 N–H and O–H groups in total. The van der Waals surface area contributed by atoms with Crippen LogP contribution >= 0.6 is 11.3 Å². The van der Waals surface area contributed by atoms with Gasteiger partial charge in [0, 0.05) is 6.92 Å². The molecule has 0 bridgehead atoms. The Balaban J connectivity index is 2.76. The van der Waals surface area contributed by atoms with E-state index >= 15 is 0 Å². The van der Waals surface area contributed by atoms with Gasteiger partial charge in [0.1, 0.15) is 7.11 Å². The molecule has 70 valence electrons. The summed E-state index contributed by atoms with van der Waals surface area (Å²) in [6.45, 7) is 1.47. The van der Waals surface area contributed by atoms with Crippen LogP contribution in [0.1, 0.15) is 11.8 Å². The predicted molar refractivity (Wildman–Crippen MR) is 53.2 cm³/mol. The van der Waals surface area contributed by atoms with Crippen molar-refractivity contribution in [3.05, 3.63) is 16.3 Å². The number of oxime groups is 1. The summed E-state index contributed by atoms with van der Waals surface area (Å²) in [7, 11) is 1.47. The smallest absolute Gasteiger partial charge is 0.221 e. The third-order valence-electron chi connectivity index (χ3n) is 1.28. The normalized spacial score (nSPS) is 10.3. The molecule has 0 aliphatic carbocycles. The average Bonchev–Trinajstić information content (AvgIpc) is 2.48. The van der Waals surface area contributed by atoms with Crippen molar-refractivity contribution in [3.8, 4) is 0 Å². The molecule has 1 aromatic rings. The number of carbonyl (C=O) groups is 1. The van der Waals surface area contributed by atoms with Gasteiger partial charge in [0.15, 0.2) is 0 Å². The van der Waals surface area contributed by atoms with Gasteiger partial charge in [0.2, 0.25) is 5.91 Å². The zero-order valence-corrected chi connectivity index (χ0v) is 8.22. The molecule has 0 saturated carbocycles. The van der Waals surface area contributed by atoms with Gasteiger partial charge in [-0.1, -0.05) is 5.16 Å². The molecule has 0 atom stereocenters. The summed E-state index contributed by atoms with van der Waals surface area (Å²) in [5.41, 5.74) is 0.762. The Morgan fingerprint density at radius 2 is 2.54 bits per heavy atom. The second-order valence-corrected chi connectivity index (χ2v) is 3.24. The lowest BCUT2D eigenvalue weighted by Crippen LogP contribution is -2.06. The number of carbonyl (C=O) groups excluding carboxylic acids is 1. The molecule has 0 aromatic carbocycles. The van der Waals surface area contributed by atoms with E-state index in [-0.39, 0.29) is 5.91 Å². The summed E-state index contributed by atoms with van der Waals surface area (Å²) >= 11 is 1.49. The maximum atomic E-state index is 10.8. The van der Waals surface area contributed by atoms with E-state index in [1.54, 1.807) is 6.21 Å².